The molecule has 0 aliphatic heterocycles. The number of rotatable bonds is 7. The van der Waals surface area contributed by atoms with Crippen LogP contribution in [0, 0.1) is 5.82 Å². The lowest BCUT2D eigenvalue weighted by molar-refractivity contribution is 0.231. The van der Waals surface area contributed by atoms with Crippen LogP contribution >= 0.6 is 0 Å². The molecular formula is C18H21FN2O3. The summed E-state index contributed by atoms with van der Waals surface area (Å²) >= 11 is 0. The van der Waals surface area contributed by atoms with E-state index in [-0.39, 0.29) is 31.0 Å². The molecule has 0 aliphatic carbocycles. The highest BCUT2D eigenvalue weighted by Crippen LogP contribution is 2.18. The number of nitrogens with one attached hydrogen (secondary N) is 2. The zero-order chi connectivity index (χ0) is 17.4. The Morgan fingerprint density at radius 2 is 1.83 bits per heavy atom. The predicted molar refractivity (Wildman–Crippen MR) is 89.2 cm³/mol. The molecule has 5 nitrogen and oxygen atoms in total. The average Bonchev–Trinajstić information content (AvgIpc) is 2.60. The van der Waals surface area contributed by atoms with E-state index in [2.05, 4.69) is 10.6 Å². The van der Waals surface area contributed by atoms with Crippen LogP contribution in [0.2, 0.25) is 0 Å². The van der Waals surface area contributed by atoms with Gasteiger partial charge in [0.15, 0.2) is 0 Å². The molecule has 0 saturated heterocycles. The summed E-state index contributed by atoms with van der Waals surface area (Å²) in [5.74, 6) is 0.424. The van der Waals surface area contributed by atoms with Crippen molar-refractivity contribution in [2.24, 2.45) is 0 Å². The fraction of sp³-hybridized carbons (Fsp3) is 0.278. The molecule has 3 N–H and O–H groups in total. The summed E-state index contributed by atoms with van der Waals surface area (Å²) < 4.78 is 18.5. The highest BCUT2D eigenvalue weighted by atomic mass is 19.1. The molecule has 2 rings (SSSR count). The molecule has 2 amide bonds. The second kappa shape index (κ2) is 8.88. The maximum atomic E-state index is 12.8. The lowest BCUT2D eigenvalue weighted by Gasteiger charge is -2.15. The van der Waals surface area contributed by atoms with Crippen molar-refractivity contribution < 1.29 is 19.0 Å². The molecule has 0 spiro atoms. The summed E-state index contributed by atoms with van der Waals surface area (Å²) in [7, 11) is 0. The molecule has 2 aromatic carbocycles. The Bertz CT molecular complexity index is 644. The summed E-state index contributed by atoms with van der Waals surface area (Å²) in [4.78, 5) is 11.6. The van der Waals surface area contributed by atoms with E-state index in [4.69, 9.17) is 9.84 Å². The molecule has 0 saturated carbocycles. The Labute approximate surface area is 140 Å². The number of aliphatic hydroxyl groups excluding tert-OH is 1. The number of aliphatic hydroxyl groups is 1. The van der Waals surface area contributed by atoms with Crippen molar-refractivity contribution in [3.63, 3.8) is 0 Å². The molecule has 0 bridgehead atoms. The number of carbonyl (C=O) groups excluding carboxylic acids is 1. The molecule has 1 atom stereocenters. The Balaban J connectivity index is 1.85. The van der Waals surface area contributed by atoms with Gasteiger partial charge < -0.3 is 20.5 Å². The summed E-state index contributed by atoms with van der Waals surface area (Å²) in [6.07, 6.45) is 0. The van der Waals surface area contributed by atoms with Crippen LogP contribution in [0.5, 0.6) is 5.75 Å². The number of urea groups is 1. The number of carbonyl (C=O) groups is 1. The third-order valence-corrected chi connectivity index (χ3v) is 3.44. The molecule has 0 fully saturated rings. The van der Waals surface area contributed by atoms with Gasteiger partial charge in [0, 0.05) is 6.54 Å². The highest BCUT2D eigenvalue weighted by molar-refractivity contribution is 5.74. The van der Waals surface area contributed by atoms with E-state index in [1.165, 1.54) is 12.1 Å². The minimum Gasteiger partial charge on any atom is -0.489 e. The van der Waals surface area contributed by atoms with Gasteiger partial charge in [0.1, 0.15) is 18.2 Å². The zero-order valence-electron chi connectivity index (χ0n) is 13.5. The van der Waals surface area contributed by atoms with E-state index < -0.39 is 0 Å². The van der Waals surface area contributed by atoms with E-state index in [1.54, 1.807) is 12.1 Å². The van der Waals surface area contributed by atoms with Gasteiger partial charge in [-0.3, -0.25) is 0 Å². The lowest BCUT2D eigenvalue weighted by Crippen LogP contribution is -2.38. The second-order valence-corrected chi connectivity index (χ2v) is 5.33. The standard InChI is InChI=1S/C18H21FN2O3/c1-13(21-18(23)20-10-11-22)15-4-8-17(9-5-15)24-12-14-2-6-16(19)7-3-14/h2-9,13,22H,10-12H2,1H3,(H2,20,21,23)/t13-/m0/s1. The van der Waals surface area contributed by atoms with Gasteiger partial charge in [-0.05, 0) is 42.3 Å². The fourth-order valence-electron chi connectivity index (χ4n) is 2.10. The number of hydrogen-bond acceptors (Lipinski definition) is 3. The van der Waals surface area contributed by atoms with Crippen LogP contribution < -0.4 is 15.4 Å². The number of hydrogen-bond donors (Lipinski definition) is 3. The van der Waals surface area contributed by atoms with Crippen molar-refractivity contribution in [3.8, 4) is 5.75 Å². The summed E-state index contributed by atoms with van der Waals surface area (Å²) in [5, 5.41) is 14.0. The van der Waals surface area contributed by atoms with Crippen molar-refractivity contribution in [1.29, 1.82) is 0 Å². The Kier molecular flexibility index (Phi) is 6.57. The van der Waals surface area contributed by atoms with Crippen molar-refractivity contribution >= 4 is 6.03 Å². The third kappa shape index (κ3) is 5.55. The first-order valence-corrected chi connectivity index (χ1v) is 7.71. The first-order chi connectivity index (χ1) is 11.6. The third-order valence-electron chi connectivity index (χ3n) is 3.44. The number of amides is 2. The molecule has 0 heterocycles. The summed E-state index contributed by atoms with van der Waals surface area (Å²) in [5.41, 5.74) is 1.82. The smallest absolute Gasteiger partial charge is 0.315 e. The first kappa shape index (κ1) is 17.7. The van der Waals surface area contributed by atoms with E-state index in [0.29, 0.717) is 12.4 Å². The van der Waals surface area contributed by atoms with Crippen LogP contribution in [0.25, 0.3) is 0 Å². The number of halogens is 1. The second-order valence-electron chi connectivity index (χ2n) is 5.33. The minimum absolute atomic E-state index is 0.0953. The van der Waals surface area contributed by atoms with Crippen molar-refractivity contribution in [2.75, 3.05) is 13.2 Å². The molecule has 0 unspecified atom stereocenters. The minimum atomic E-state index is -0.326. The van der Waals surface area contributed by atoms with Gasteiger partial charge in [-0.15, -0.1) is 0 Å². The highest BCUT2D eigenvalue weighted by Gasteiger charge is 2.09. The van der Waals surface area contributed by atoms with E-state index in [0.717, 1.165) is 11.1 Å². The molecule has 128 valence electrons. The molecule has 6 heteroatoms. The zero-order valence-corrected chi connectivity index (χ0v) is 13.5. The largest absolute Gasteiger partial charge is 0.489 e. The molecule has 0 radical (unpaired) electrons. The predicted octanol–water partition coefficient (Wildman–Crippen LogP) is 2.76. The van der Waals surface area contributed by atoms with Crippen LogP contribution in [-0.4, -0.2) is 24.3 Å². The number of benzene rings is 2. The van der Waals surface area contributed by atoms with Crippen LogP contribution in [0.1, 0.15) is 24.1 Å². The normalized spacial score (nSPS) is 11.6. The van der Waals surface area contributed by atoms with Gasteiger partial charge in [0.25, 0.3) is 0 Å². The van der Waals surface area contributed by atoms with Crippen LogP contribution in [0.4, 0.5) is 9.18 Å². The van der Waals surface area contributed by atoms with Crippen LogP contribution in [0.3, 0.4) is 0 Å². The molecule has 0 aromatic heterocycles. The Hall–Kier alpha value is -2.60. The Morgan fingerprint density at radius 3 is 2.46 bits per heavy atom. The van der Waals surface area contributed by atoms with E-state index in [9.17, 15) is 9.18 Å². The quantitative estimate of drug-likeness (QED) is 0.730. The average molecular weight is 332 g/mol. The topological polar surface area (TPSA) is 70.6 Å². The maximum Gasteiger partial charge on any atom is 0.315 e. The van der Waals surface area contributed by atoms with Gasteiger partial charge >= 0.3 is 6.03 Å². The van der Waals surface area contributed by atoms with E-state index in [1.807, 2.05) is 31.2 Å². The Morgan fingerprint density at radius 1 is 1.17 bits per heavy atom. The molecule has 0 aliphatic rings. The fourth-order valence-corrected chi connectivity index (χ4v) is 2.10. The van der Waals surface area contributed by atoms with Gasteiger partial charge in [0.2, 0.25) is 0 Å². The van der Waals surface area contributed by atoms with Gasteiger partial charge in [-0.2, -0.15) is 0 Å². The monoisotopic (exact) mass is 332 g/mol. The molecule has 2 aromatic rings. The van der Waals surface area contributed by atoms with Gasteiger partial charge in [-0.25, -0.2) is 9.18 Å². The SMILES string of the molecule is C[C@H](NC(=O)NCCO)c1ccc(OCc2ccc(F)cc2)cc1. The number of ether oxygens (including phenoxy) is 1. The first-order valence-electron chi connectivity index (χ1n) is 7.71. The lowest BCUT2D eigenvalue weighted by atomic mass is 10.1. The van der Waals surface area contributed by atoms with Crippen molar-refractivity contribution in [2.45, 2.75) is 19.6 Å². The van der Waals surface area contributed by atoms with Gasteiger partial charge in [0.05, 0.1) is 12.6 Å². The summed E-state index contributed by atoms with van der Waals surface area (Å²) in [6, 6.07) is 13.1. The van der Waals surface area contributed by atoms with Gasteiger partial charge in [-0.1, -0.05) is 24.3 Å². The van der Waals surface area contributed by atoms with Crippen molar-refractivity contribution in [1.82, 2.24) is 10.6 Å². The van der Waals surface area contributed by atoms with Crippen LogP contribution in [0.15, 0.2) is 48.5 Å². The molecule has 24 heavy (non-hydrogen) atoms. The van der Waals surface area contributed by atoms with Crippen LogP contribution in [-0.2, 0) is 6.61 Å². The maximum absolute atomic E-state index is 12.8. The van der Waals surface area contributed by atoms with Crippen molar-refractivity contribution in [3.05, 3.63) is 65.5 Å². The molecular weight excluding hydrogens is 311 g/mol. The summed E-state index contributed by atoms with van der Waals surface area (Å²) in [6.45, 7) is 2.35. The van der Waals surface area contributed by atoms with E-state index >= 15 is 0 Å².